The Labute approximate surface area is 180 Å². The van der Waals surface area contributed by atoms with Crippen molar-refractivity contribution >= 4 is 27.6 Å². The van der Waals surface area contributed by atoms with Crippen molar-refractivity contribution in [2.45, 2.75) is 26.3 Å². The molecule has 0 heterocycles. The van der Waals surface area contributed by atoms with Gasteiger partial charge in [0, 0.05) is 22.0 Å². The highest BCUT2D eigenvalue weighted by Crippen LogP contribution is 2.20. The highest BCUT2D eigenvalue weighted by molar-refractivity contribution is 9.10. The molecule has 0 fully saturated rings. The Balaban J connectivity index is 2.04. The van der Waals surface area contributed by atoms with E-state index in [-0.39, 0.29) is 5.97 Å². The summed E-state index contributed by atoms with van der Waals surface area (Å²) in [4.78, 5) is 17.7. The fraction of sp³-hybridized carbons (Fsp3) is 0.200. The monoisotopic (exact) mass is 449 g/mol. The fourth-order valence-electron chi connectivity index (χ4n) is 3.14. The first-order valence-electron chi connectivity index (χ1n) is 9.68. The second kappa shape index (κ2) is 10.2. The number of aryl methyl sites for hydroxylation is 1. The van der Waals surface area contributed by atoms with Crippen LogP contribution in [0.5, 0.6) is 0 Å². The van der Waals surface area contributed by atoms with Crippen LogP contribution >= 0.6 is 15.9 Å². The zero-order valence-corrected chi connectivity index (χ0v) is 18.2. The molecule has 0 radical (unpaired) electrons. The Kier molecular flexibility index (Phi) is 7.36. The van der Waals surface area contributed by atoms with Crippen LogP contribution in [0.1, 0.15) is 29.2 Å². The van der Waals surface area contributed by atoms with Crippen molar-refractivity contribution in [3.05, 3.63) is 106 Å². The second-order valence-electron chi connectivity index (χ2n) is 6.77. The maximum atomic E-state index is 12.8. The molecule has 3 aromatic rings. The maximum Gasteiger partial charge on any atom is 0.331 e. The third kappa shape index (κ3) is 5.64. The largest absolute Gasteiger partial charge is 0.464 e. The van der Waals surface area contributed by atoms with Gasteiger partial charge in [0.2, 0.25) is 0 Å². The summed E-state index contributed by atoms with van der Waals surface area (Å²) in [6, 6.07) is 25.4. The number of benzene rings is 3. The van der Waals surface area contributed by atoms with Crippen molar-refractivity contribution < 1.29 is 9.53 Å². The van der Waals surface area contributed by atoms with Crippen LogP contribution in [-0.4, -0.2) is 24.3 Å². The Morgan fingerprint density at radius 1 is 0.966 bits per heavy atom. The summed E-state index contributed by atoms with van der Waals surface area (Å²) in [6.45, 7) is 4.18. The minimum atomic E-state index is -0.620. The lowest BCUT2D eigenvalue weighted by Gasteiger charge is -2.16. The molecule has 0 saturated carbocycles. The summed E-state index contributed by atoms with van der Waals surface area (Å²) in [6.07, 6.45) is 0.482. The molecule has 0 aliphatic carbocycles. The molecule has 0 aliphatic rings. The Hall–Kier alpha value is -2.72. The minimum Gasteiger partial charge on any atom is -0.464 e. The van der Waals surface area contributed by atoms with E-state index >= 15 is 0 Å². The number of aliphatic imine (C=N–C) groups is 1. The van der Waals surface area contributed by atoms with E-state index in [9.17, 15) is 4.79 Å². The molecule has 0 saturated heterocycles. The molecule has 3 aromatic carbocycles. The SMILES string of the molecule is CCOC(=O)C(Cc1ccc(Br)c(C)c1)N=C(c1ccccc1)c1ccccc1. The van der Waals surface area contributed by atoms with Gasteiger partial charge in [-0.3, -0.25) is 4.99 Å². The molecule has 1 atom stereocenters. The minimum absolute atomic E-state index is 0.308. The molecule has 3 rings (SSSR count). The third-order valence-electron chi connectivity index (χ3n) is 4.59. The van der Waals surface area contributed by atoms with E-state index in [1.54, 1.807) is 0 Å². The summed E-state index contributed by atoms with van der Waals surface area (Å²) in [7, 11) is 0. The van der Waals surface area contributed by atoms with E-state index in [1.807, 2.05) is 86.6 Å². The number of carbonyl (C=O) groups is 1. The maximum absolute atomic E-state index is 12.8. The van der Waals surface area contributed by atoms with Gasteiger partial charge in [-0.2, -0.15) is 0 Å². The molecule has 0 bridgehead atoms. The highest BCUT2D eigenvalue weighted by Gasteiger charge is 2.22. The van der Waals surface area contributed by atoms with Crippen molar-refractivity contribution in [3.63, 3.8) is 0 Å². The Bertz CT molecular complexity index is 943. The first kappa shape index (κ1) is 21.0. The van der Waals surface area contributed by atoms with Crippen LogP contribution in [0.4, 0.5) is 0 Å². The number of hydrogen-bond donors (Lipinski definition) is 0. The zero-order valence-electron chi connectivity index (χ0n) is 16.6. The summed E-state index contributed by atoms with van der Waals surface area (Å²) in [5.41, 5.74) is 4.91. The number of halogens is 1. The van der Waals surface area contributed by atoms with Gasteiger partial charge in [-0.25, -0.2) is 4.79 Å². The number of rotatable bonds is 7. The highest BCUT2D eigenvalue weighted by atomic mass is 79.9. The van der Waals surface area contributed by atoms with Crippen molar-refractivity contribution in [2.75, 3.05) is 6.61 Å². The van der Waals surface area contributed by atoms with Crippen LogP contribution in [-0.2, 0) is 16.0 Å². The van der Waals surface area contributed by atoms with Crippen LogP contribution in [0.3, 0.4) is 0 Å². The number of hydrogen-bond acceptors (Lipinski definition) is 3. The zero-order chi connectivity index (χ0) is 20.6. The molecule has 4 heteroatoms. The predicted octanol–water partition coefficient (Wildman–Crippen LogP) is 5.77. The smallest absolute Gasteiger partial charge is 0.331 e. The molecular weight excluding hydrogens is 426 g/mol. The number of esters is 1. The van der Waals surface area contributed by atoms with Gasteiger partial charge < -0.3 is 4.74 Å². The van der Waals surface area contributed by atoms with Crippen molar-refractivity contribution in [1.82, 2.24) is 0 Å². The predicted molar refractivity (Wildman–Crippen MR) is 122 cm³/mol. The van der Waals surface area contributed by atoms with Gasteiger partial charge in [-0.1, -0.05) is 88.7 Å². The van der Waals surface area contributed by atoms with Gasteiger partial charge in [0.05, 0.1) is 12.3 Å². The van der Waals surface area contributed by atoms with Gasteiger partial charge in [0.25, 0.3) is 0 Å². The second-order valence-corrected chi connectivity index (χ2v) is 7.62. The summed E-state index contributed by atoms with van der Waals surface area (Å²) < 4.78 is 6.40. The van der Waals surface area contributed by atoms with Crippen LogP contribution in [0.15, 0.2) is 88.3 Å². The van der Waals surface area contributed by atoms with E-state index in [0.29, 0.717) is 13.0 Å². The lowest BCUT2D eigenvalue weighted by atomic mass is 10.00. The first-order valence-corrected chi connectivity index (χ1v) is 10.5. The molecule has 0 spiro atoms. The van der Waals surface area contributed by atoms with E-state index in [0.717, 1.165) is 32.4 Å². The molecule has 0 aromatic heterocycles. The van der Waals surface area contributed by atoms with Crippen LogP contribution in [0, 0.1) is 6.92 Å². The first-order chi connectivity index (χ1) is 14.1. The van der Waals surface area contributed by atoms with E-state index in [1.165, 1.54) is 0 Å². The molecule has 0 amide bonds. The van der Waals surface area contributed by atoms with Gasteiger partial charge in [0.15, 0.2) is 6.04 Å². The van der Waals surface area contributed by atoms with Crippen molar-refractivity contribution in [1.29, 1.82) is 0 Å². The van der Waals surface area contributed by atoms with Gasteiger partial charge >= 0.3 is 5.97 Å². The average molecular weight is 450 g/mol. The molecule has 1 unspecified atom stereocenters. The third-order valence-corrected chi connectivity index (χ3v) is 5.48. The topological polar surface area (TPSA) is 38.7 Å². The molecule has 148 valence electrons. The van der Waals surface area contributed by atoms with Crippen molar-refractivity contribution in [3.8, 4) is 0 Å². The van der Waals surface area contributed by atoms with Gasteiger partial charge in [0.1, 0.15) is 0 Å². The van der Waals surface area contributed by atoms with Gasteiger partial charge in [-0.05, 0) is 31.0 Å². The number of ether oxygens (including phenoxy) is 1. The Morgan fingerprint density at radius 2 is 1.55 bits per heavy atom. The van der Waals surface area contributed by atoms with E-state index in [2.05, 4.69) is 22.0 Å². The lowest BCUT2D eigenvalue weighted by molar-refractivity contribution is -0.144. The molecule has 3 nitrogen and oxygen atoms in total. The number of nitrogens with zero attached hydrogens (tertiary/aromatic N) is 1. The normalized spacial score (nSPS) is 11.6. The van der Waals surface area contributed by atoms with Crippen LogP contribution in [0.2, 0.25) is 0 Å². The molecule has 0 aliphatic heterocycles. The summed E-state index contributed by atoms with van der Waals surface area (Å²) in [5, 5.41) is 0. The van der Waals surface area contributed by atoms with E-state index < -0.39 is 6.04 Å². The van der Waals surface area contributed by atoms with Crippen LogP contribution in [0.25, 0.3) is 0 Å². The quantitative estimate of drug-likeness (QED) is 0.339. The Morgan fingerprint density at radius 3 is 2.07 bits per heavy atom. The molecule has 0 N–H and O–H groups in total. The number of carbonyl (C=O) groups excluding carboxylic acids is 1. The summed E-state index contributed by atoms with van der Waals surface area (Å²) >= 11 is 3.53. The van der Waals surface area contributed by atoms with E-state index in [4.69, 9.17) is 9.73 Å². The fourth-order valence-corrected chi connectivity index (χ4v) is 3.39. The summed E-state index contributed by atoms with van der Waals surface area (Å²) in [5.74, 6) is -0.308. The average Bonchev–Trinajstić information content (AvgIpc) is 2.75. The standard InChI is InChI=1S/C25H24BrNO2/c1-3-29-25(28)23(17-19-14-15-22(26)18(2)16-19)27-24(20-10-6-4-7-11-20)21-12-8-5-9-13-21/h4-16,23H,3,17H2,1-2H3. The molecular formula is C25H24BrNO2. The van der Waals surface area contributed by atoms with Gasteiger partial charge in [-0.15, -0.1) is 0 Å². The molecule has 29 heavy (non-hydrogen) atoms. The van der Waals surface area contributed by atoms with Crippen LogP contribution < -0.4 is 0 Å². The lowest BCUT2D eigenvalue weighted by Crippen LogP contribution is -2.26. The van der Waals surface area contributed by atoms with Crippen molar-refractivity contribution in [2.24, 2.45) is 4.99 Å².